The maximum absolute atomic E-state index is 12.0. The number of urea groups is 1. The van der Waals surface area contributed by atoms with E-state index in [1.807, 2.05) is 66.2 Å². The minimum atomic E-state index is -0.175. The molecule has 6 heteroatoms. The predicted octanol–water partition coefficient (Wildman–Crippen LogP) is 3.70. The van der Waals surface area contributed by atoms with Crippen LogP contribution in [0.3, 0.4) is 0 Å². The Labute approximate surface area is 149 Å². The normalized spacial score (nSPS) is 12.1. The number of carbonyl (C=O) groups is 1. The van der Waals surface area contributed by atoms with Crippen LogP contribution in [0, 0.1) is 0 Å². The standard InChI is InChI=1S/C18H19BrN4O/c1-13(14-5-4-6-15(19)11-14)21-18(24)20-9-8-16-12-23-10-3-2-7-17(23)22-16/h2-7,10-13H,8-9H2,1H3,(H2,20,21,24). The highest BCUT2D eigenvalue weighted by Gasteiger charge is 2.09. The number of hydrogen-bond acceptors (Lipinski definition) is 2. The van der Waals surface area contributed by atoms with E-state index in [-0.39, 0.29) is 12.1 Å². The molecule has 0 aliphatic carbocycles. The van der Waals surface area contributed by atoms with Crippen LogP contribution in [0.25, 0.3) is 5.65 Å². The van der Waals surface area contributed by atoms with Crippen LogP contribution >= 0.6 is 15.9 Å². The first-order valence-electron chi connectivity index (χ1n) is 7.84. The molecule has 3 rings (SSSR count). The van der Waals surface area contributed by atoms with Gasteiger partial charge in [0.05, 0.1) is 11.7 Å². The van der Waals surface area contributed by atoms with Gasteiger partial charge in [-0.2, -0.15) is 0 Å². The number of halogens is 1. The number of amides is 2. The second kappa shape index (κ2) is 7.49. The van der Waals surface area contributed by atoms with Crippen molar-refractivity contribution in [1.82, 2.24) is 20.0 Å². The lowest BCUT2D eigenvalue weighted by Crippen LogP contribution is -2.38. The number of hydrogen-bond donors (Lipinski definition) is 2. The first-order chi connectivity index (χ1) is 11.6. The van der Waals surface area contributed by atoms with Gasteiger partial charge in [0, 0.05) is 29.8 Å². The third-order valence-electron chi connectivity index (χ3n) is 3.78. The molecule has 0 radical (unpaired) electrons. The van der Waals surface area contributed by atoms with E-state index in [4.69, 9.17) is 0 Å². The number of fused-ring (bicyclic) bond motifs is 1. The molecule has 2 aromatic heterocycles. The van der Waals surface area contributed by atoms with Gasteiger partial charge in [0.15, 0.2) is 0 Å². The Morgan fingerprint density at radius 2 is 2.17 bits per heavy atom. The Balaban J connectivity index is 1.48. The third-order valence-corrected chi connectivity index (χ3v) is 4.27. The minimum absolute atomic E-state index is 0.0577. The summed E-state index contributed by atoms with van der Waals surface area (Å²) in [4.78, 5) is 16.5. The van der Waals surface area contributed by atoms with Crippen LogP contribution < -0.4 is 10.6 Å². The van der Waals surface area contributed by atoms with Crippen LogP contribution in [-0.4, -0.2) is 22.0 Å². The fraction of sp³-hybridized carbons (Fsp3) is 0.222. The van der Waals surface area contributed by atoms with Crippen LogP contribution in [0.2, 0.25) is 0 Å². The number of imidazole rings is 1. The first kappa shape index (κ1) is 16.5. The van der Waals surface area contributed by atoms with Gasteiger partial charge in [-0.15, -0.1) is 0 Å². The van der Waals surface area contributed by atoms with E-state index in [0.29, 0.717) is 13.0 Å². The summed E-state index contributed by atoms with van der Waals surface area (Å²) >= 11 is 3.44. The van der Waals surface area contributed by atoms with Gasteiger partial charge in [0.25, 0.3) is 0 Å². The quantitative estimate of drug-likeness (QED) is 0.702. The van der Waals surface area contributed by atoms with Crippen LogP contribution in [-0.2, 0) is 6.42 Å². The number of benzene rings is 1. The fourth-order valence-corrected chi connectivity index (χ4v) is 2.94. The summed E-state index contributed by atoms with van der Waals surface area (Å²) in [6.07, 6.45) is 4.64. The molecule has 1 unspecified atom stereocenters. The van der Waals surface area contributed by atoms with Gasteiger partial charge in [0.1, 0.15) is 5.65 Å². The average molecular weight is 387 g/mol. The van der Waals surface area contributed by atoms with Crippen LogP contribution in [0.4, 0.5) is 4.79 Å². The predicted molar refractivity (Wildman–Crippen MR) is 98.0 cm³/mol. The van der Waals surface area contributed by atoms with Crippen molar-refractivity contribution in [1.29, 1.82) is 0 Å². The highest BCUT2D eigenvalue weighted by molar-refractivity contribution is 9.10. The Hall–Kier alpha value is -2.34. The van der Waals surface area contributed by atoms with E-state index in [1.54, 1.807) is 0 Å². The van der Waals surface area contributed by atoms with Gasteiger partial charge >= 0.3 is 6.03 Å². The molecule has 0 fully saturated rings. The summed E-state index contributed by atoms with van der Waals surface area (Å²) in [5.74, 6) is 0. The molecule has 3 aromatic rings. The lowest BCUT2D eigenvalue weighted by atomic mass is 10.1. The minimum Gasteiger partial charge on any atom is -0.338 e. The number of nitrogens with one attached hydrogen (secondary N) is 2. The Bertz CT molecular complexity index is 813. The lowest BCUT2D eigenvalue weighted by molar-refractivity contribution is 0.238. The molecular formula is C18H19BrN4O. The zero-order chi connectivity index (χ0) is 16.9. The smallest absolute Gasteiger partial charge is 0.315 e. The molecule has 2 N–H and O–H groups in total. The highest BCUT2D eigenvalue weighted by Crippen LogP contribution is 2.17. The summed E-state index contributed by atoms with van der Waals surface area (Å²) < 4.78 is 2.98. The van der Waals surface area contributed by atoms with E-state index >= 15 is 0 Å². The van der Waals surface area contributed by atoms with Crippen molar-refractivity contribution in [3.05, 3.63) is 70.6 Å². The molecule has 1 atom stereocenters. The van der Waals surface area contributed by atoms with Crippen molar-refractivity contribution < 1.29 is 4.79 Å². The summed E-state index contributed by atoms with van der Waals surface area (Å²) in [6, 6.07) is 13.6. The van der Waals surface area contributed by atoms with Gasteiger partial charge in [-0.1, -0.05) is 34.1 Å². The largest absolute Gasteiger partial charge is 0.338 e. The Morgan fingerprint density at radius 1 is 1.29 bits per heavy atom. The molecule has 0 bridgehead atoms. The number of carbonyl (C=O) groups excluding carboxylic acids is 1. The zero-order valence-electron chi connectivity index (χ0n) is 13.4. The van der Waals surface area contributed by atoms with Crippen molar-refractivity contribution >= 4 is 27.6 Å². The number of nitrogens with zero attached hydrogens (tertiary/aromatic N) is 2. The van der Waals surface area contributed by atoms with E-state index in [9.17, 15) is 4.79 Å². The van der Waals surface area contributed by atoms with E-state index in [2.05, 4.69) is 31.5 Å². The average Bonchev–Trinajstić information content (AvgIpc) is 2.97. The fourth-order valence-electron chi connectivity index (χ4n) is 2.52. The highest BCUT2D eigenvalue weighted by atomic mass is 79.9. The second-order valence-electron chi connectivity index (χ2n) is 5.63. The summed E-state index contributed by atoms with van der Waals surface area (Å²) in [7, 11) is 0. The Morgan fingerprint density at radius 3 is 2.96 bits per heavy atom. The molecule has 0 saturated heterocycles. The summed E-state index contributed by atoms with van der Waals surface area (Å²) in [6.45, 7) is 2.50. The molecule has 0 saturated carbocycles. The van der Waals surface area contributed by atoms with Gasteiger partial charge < -0.3 is 15.0 Å². The van der Waals surface area contributed by atoms with Crippen LogP contribution in [0.5, 0.6) is 0 Å². The van der Waals surface area contributed by atoms with Gasteiger partial charge in [-0.05, 0) is 36.8 Å². The molecule has 124 valence electrons. The molecule has 0 aliphatic heterocycles. The maximum Gasteiger partial charge on any atom is 0.315 e. The third kappa shape index (κ3) is 4.14. The number of pyridine rings is 1. The van der Waals surface area contributed by atoms with Crippen LogP contribution in [0.1, 0.15) is 24.2 Å². The molecular weight excluding hydrogens is 368 g/mol. The number of rotatable bonds is 5. The van der Waals surface area contributed by atoms with Gasteiger partial charge in [0.2, 0.25) is 0 Å². The molecule has 0 aliphatic rings. The summed E-state index contributed by atoms with van der Waals surface area (Å²) in [5.41, 5.74) is 2.93. The maximum atomic E-state index is 12.0. The van der Waals surface area contributed by atoms with E-state index < -0.39 is 0 Å². The Kier molecular flexibility index (Phi) is 5.15. The van der Waals surface area contributed by atoms with Crippen molar-refractivity contribution in [2.45, 2.75) is 19.4 Å². The molecule has 2 amide bonds. The second-order valence-corrected chi connectivity index (χ2v) is 6.54. The van der Waals surface area contributed by atoms with E-state index in [1.165, 1.54) is 0 Å². The van der Waals surface area contributed by atoms with Crippen molar-refractivity contribution in [2.24, 2.45) is 0 Å². The molecule has 0 spiro atoms. The topological polar surface area (TPSA) is 58.4 Å². The molecule has 5 nitrogen and oxygen atoms in total. The molecule has 24 heavy (non-hydrogen) atoms. The van der Waals surface area contributed by atoms with Crippen molar-refractivity contribution in [3.63, 3.8) is 0 Å². The van der Waals surface area contributed by atoms with Gasteiger partial charge in [-0.3, -0.25) is 0 Å². The van der Waals surface area contributed by atoms with Crippen molar-refractivity contribution in [2.75, 3.05) is 6.54 Å². The lowest BCUT2D eigenvalue weighted by Gasteiger charge is -2.15. The van der Waals surface area contributed by atoms with E-state index in [0.717, 1.165) is 21.4 Å². The monoisotopic (exact) mass is 386 g/mol. The molecule has 2 heterocycles. The zero-order valence-corrected chi connectivity index (χ0v) is 15.0. The molecule has 1 aromatic carbocycles. The van der Waals surface area contributed by atoms with Crippen molar-refractivity contribution in [3.8, 4) is 0 Å². The SMILES string of the molecule is CC(NC(=O)NCCc1cn2ccccc2n1)c1cccc(Br)c1. The van der Waals surface area contributed by atoms with Crippen LogP contribution in [0.15, 0.2) is 59.3 Å². The summed E-state index contributed by atoms with van der Waals surface area (Å²) in [5, 5.41) is 5.82. The van der Waals surface area contributed by atoms with Gasteiger partial charge in [-0.25, -0.2) is 9.78 Å². The number of aromatic nitrogens is 2. The first-order valence-corrected chi connectivity index (χ1v) is 8.63.